The van der Waals surface area contributed by atoms with Crippen molar-refractivity contribution in [2.24, 2.45) is 0 Å². The number of fused-ring (bicyclic) bond motifs is 2. The average Bonchev–Trinajstić information content (AvgIpc) is 2.57. The number of ether oxygens (including phenoxy) is 2. The van der Waals surface area contributed by atoms with Crippen molar-refractivity contribution in [2.45, 2.75) is 18.9 Å². The van der Waals surface area contributed by atoms with E-state index in [4.69, 9.17) is 9.47 Å². The van der Waals surface area contributed by atoms with Crippen LogP contribution in [0.4, 0.5) is 0 Å². The molecule has 1 atom stereocenters. The third-order valence-electron chi connectivity index (χ3n) is 5.09. The van der Waals surface area contributed by atoms with Gasteiger partial charge in [-0.25, -0.2) is 0 Å². The summed E-state index contributed by atoms with van der Waals surface area (Å²) in [5.74, 6) is 1.87. The van der Waals surface area contributed by atoms with E-state index in [-0.39, 0.29) is 0 Å². The number of nitrogens with zero attached hydrogens (tertiary/aromatic N) is 1. The monoisotopic (exact) mass is 295 g/mol. The number of methoxy groups -OCH3 is 2. The van der Waals surface area contributed by atoms with Crippen LogP contribution in [0, 0.1) is 0 Å². The van der Waals surface area contributed by atoms with Gasteiger partial charge in [-0.05, 0) is 72.0 Å². The van der Waals surface area contributed by atoms with Gasteiger partial charge in [-0.2, -0.15) is 0 Å². The van der Waals surface area contributed by atoms with E-state index in [1.807, 2.05) is 0 Å². The molecule has 1 heterocycles. The van der Waals surface area contributed by atoms with Crippen LogP contribution in [0.1, 0.15) is 22.7 Å². The highest BCUT2D eigenvalue weighted by atomic mass is 16.5. The summed E-state index contributed by atoms with van der Waals surface area (Å²) in [6.07, 6.45) is 2.16. The maximum Gasteiger partial charge on any atom is 0.119 e. The molecule has 0 spiro atoms. The van der Waals surface area contributed by atoms with Crippen LogP contribution in [-0.2, 0) is 12.8 Å². The van der Waals surface area contributed by atoms with Gasteiger partial charge in [0.15, 0.2) is 0 Å². The van der Waals surface area contributed by atoms with Crippen LogP contribution in [0.15, 0.2) is 30.3 Å². The lowest BCUT2D eigenvalue weighted by atomic mass is 9.77. The van der Waals surface area contributed by atoms with Crippen LogP contribution >= 0.6 is 0 Å². The average molecular weight is 295 g/mol. The van der Waals surface area contributed by atoms with Crippen molar-refractivity contribution >= 4 is 0 Å². The largest absolute Gasteiger partial charge is 0.497 e. The summed E-state index contributed by atoms with van der Waals surface area (Å²) < 4.78 is 11.0. The first-order valence-corrected chi connectivity index (χ1v) is 7.79. The molecule has 2 aromatic rings. The molecule has 114 valence electrons. The normalized spacial score (nSPS) is 19.3. The zero-order chi connectivity index (χ0) is 15.3. The third kappa shape index (κ3) is 1.92. The summed E-state index contributed by atoms with van der Waals surface area (Å²) in [6, 6.07) is 11.3. The lowest BCUT2D eigenvalue weighted by Gasteiger charge is -2.40. The maximum absolute atomic E-state index is 5.54. The van der Waals surface area contributed by atoms with E-state index < -0.39 is 0 Å². The van der Waals surface area contributed by atoms with Crippen molar-refractivity contribution in [1.29, 1.82) is 0 Å². The molecule has 0 N–H and O–H groups in total. The highest BCUT2D eigenvalue weighted by molar-refractivity contribution is 5.78. The Morgan fingerprint density at radius 1 is 0.955 bits per heavy atom. The van der Waals surface area contributed by atoms with Gasteiger partial charge in [0.05, 0.1) is 14.2 Å². The van der Waals surface area contributed by atoms with Gasteiger partial charge in [0.1, 0.15) is 11.5 Å². The van der Waals surface area contributed by atoms with E-state index in [0.29, 0.717) is 6.04 Å². The topological polar surface area (TPSA) is 21.7 Å². The maximum atomic E-state index is 5.54. The van der Waals surface area contributed by atoms with E-state index in [0.717, 1.165) is 30.9 Å². The Kier molecular flexibility index (Phi) is 3.12. The quantitative estimate of drug-likeness (QED) is 0.847. The van der Waals surface area contributed by atoms with Gasteiger partial charge in [0, 0.05) is 12.6 Å². The predicted molar refractivity (Wildman–Crippen MR) is 87.8 cm³/mol. The molecule has 1 aliphatic carbocycles. The van der Waals surface area contributed by atoms with Crippen molar-refractivity contribution in [2.75, 3.05) is 27.8 Å². The van der Waals surface area contributed by atoms with E-state index in [1.54, 1.807) is 14.2 Å². The first kappa shape index (κ1) is 13.6. The molecular formula is C19H21NO2. The van der Waals surface area contributed by atoms with Gasteiger partial charge >= 0.3 is 0 Å². The SMILES string of the molecule is COc1ccc2c(c1)-c1cc(OC)cc3c1[C@H](C2)N(C)CC3. The Bertz CT molecular complexity index is 738. The van der Waals surface area contributed by atoms with E-state index in [1.165, 1.54) is 27.8 Å². The molecule has 0 amide bonds. The molecule has 0 radical (unpaired) electrons. The smallest absolute Gasteiger partial charge is 0.119 e. The summed E-state index contributed by atoms with van der Waals surface area (Å²) in [7, 11) is 5.70. The molecule has 3 nitrogen and oxygen atoms in total. The lowest BCUT2D eigenvalue weighted by Crippen LogP contribution is -2.35. The van der Waals surface area contributed by atoms with E-state index in [2.05, 4.69) is 42.3 Å². The van der Waals surface area contributed by atoms with Crippen molar-refractivity contribution in [3.63, 3.8) is 0 Å². The second-order valence-electron chi connectivity index (χ2n) is 6.22. The summed E-state index contributed by atoms with van der Waals surface area (Å²) in [4.78, 5) is 2.48. The minimum absolute atomic E-state index is 0.477. The Morgan fingerprint density at radius 2 is 1.73 bits per heavy atom. The first-order valence-electron chi connectivity index (χ1n) is 7.79. The second kappa shape index (κ2) is 5.03. The minimum Gasteiger partial charge on any atom is -0.497 e. The zero-order valence-corrected chi connectivity index (χ0v) is 13.3. The number of hydrogen-bond donors (Lipinski definition) is 0. The van der Waals surface area contributed by atoms with Crippen LogP contribution < -0.4 is 9.47 Å². The van der Waals surface area contributed by atoms with Crippen LogP contribution in [0.5, 0.6) is 11.5 Å². The molecule has 3 heteroatoms. The highest BCUT2D eigenvalue weighted by Gasteiger charge is 2.33. The molecule has 0 saturated carbocycles. The molecule has 4 rings (SSSR count). The number of likely N-dealkylation sites (N-methyl/N-ethyl adjacent to an activating group) is 1. The summed E-state index contributed by atoms with van der Waals surface area (Å²) in [5, 5.41) is 0. The Morgan fingerprint density at radius 3 is 2.50 bits per heavy atom. The number of hydrogen-bond acceptors (Lipinski definition) is 3. The van der Waals surface area contributed by atoms with Crippen LogP contribution in [0.2, 0.25) is 0 Å². The Balaban J connectivity index is 1.99. The lowest BCUT2D eigenvalue weighted by molar-refractivity contribution is 0.228. The third-order valence-corrected chi connectivity index (χ3v) is 5.09. The fourth-order valence-corrected chi connectivity index (χ4v) is 3.88. The standard InChI is InChI=1S/C19H21NO2/c1-20-7-6-13-8-15(22-3)11-17-16-10-14(21-2)5-4-12(16)9-18(20)19(13)17/h4-5,8,10-11,18H,6-7,9H2,1-3H3/t18-/m0/s1. The zero-order valence-electron chi connectivity index (χ0n) is 13.3. The molecule has 22 heavy (non-hydrogen) atoms. The minimum atomic E-state index is 0.477. The molecule has 0 bridgehead atoms. The van der Waals surface area contributed by atoms with Crippen molar-refractivity contribution in [3.05, 3.63) is 47.0 Å². The van der Waals surface area contributed by atoms with Gasteiger partial charge in [0.2, 0.25) is 0 Å². The van der Waals surface area contributed by atoms with Gasteiger partial charge in [-0.1, -0.05) is 6.07 Å². The van der Waals surface area contributed by atoms with Crippen molar-refractivity contribution in [3.8, 4) is 22.6 Å². The molecule has 1 aliphatic heterocycles. The fourth-order valence-electron chi connectivity index (χ4n) is 3.88. The predicted octanol–water partition coefficient (Wildman–Crippen LogP) is 3.46. The van der Waals surface area contributed by atoms with Crippen molar-refractivity contribution in [1.82, 2.24) is 4.90 Å². The van der Waals surface area contributed by atoms with E-state index >= 15 is 0 Å². The first-order chi connectivity index (χ1) is 10.7. The van der Waals surface area contributed by atoms with E-state index in [9.17, 15) is 0 Å². The second-order valence-corrected chi connectivity index (χ2v) is 6.22. The van der Waals surface area contributed by atoms with Gasteiger partial charge in [0.25, 0.3) is 0 Å². The summed E-state index contributed by atoms with van der Waals surface area (Å²) in [6.45, 7) is 1.11. The highest BCUT2D eigenvalue weighted by Crippen LogP contribution is 2.47. The Hall–Kier alpha value is -2.00. The molecular weight excluding hydrogens is 274 g/mol. The van der Waals surface area contributed by atoms with Gasteiger partial charge in [-0.3, -0.25) is 4.90 Å². The molecule has 2 aromatic carbocycles. The Labute approximate surface area is 131 Å². The molecule has 0 fully saturated rings. The molecule has 0 unspecified atom stereocenters. The summed E-state index contributed by atoms with van der Waals surface area (Å²) >= 11 is 0. The molecule has 0 aromatic heterocycles. The molecule has 0 saturated heterocycles. The number of rotatable bonds is 2. The van der Waals surface area contributed by atoms with Gasteiger partial charge in [-0.15, -0.1) is 0 Å². The summed E-state index contributed by atoms with van der Waals surface area (Å²) in [5.41, 5.74) is 6.92. The van der Waals surface area contributed by atoms with Crippen molar-refractivity contribution < 1.29 is 9.47 Å². The number of benzene rings is 2. The fraction of sp³-hybridized carbons (Fsp3) is 0.368. The van der Waals surface area contributed by atoms with Crippen LogP contribution in [-0.4, -0.2) is 32.7 Å². The van der Waals surface area contributed by atoms with Gasteiger partial charge < -0.3 is 9.47 Å². The van der Waals surface area contributed by atoms with Crippen LogP contribution in [0.3, 0.4) is 0 Å². The molecule has 2 aliphatic rings. The van der Waals surface area contributed by atoms with Crippen LogP contribution in [0.25, 0.3) is 11.1 Å².